The van der Waals surface area contributed by atoms with E-state index in [1.807, 2.05) is 20.8 Å². The van der Waals surface area contributed by atoms with E-state index >= 15 is 0 Å². The summed E-state index contributed by atoms with van der Waals surface area (Å²) in [4.78, 5) is 4.53. The summed E-state index contributed by atoms with van der Waals surface area (Å²) in [5.74, 6) is 1.54. The van der Waals surface area contributed by atoms with E-state index in [1.54, 1.807) is 10.4 Å². The molecule has 3 heterocycles. The highest BCUT2D eigenvalue weighted by Gasteiger charge is 2.37. The van der Waals surface area contributed by atoms with Crippen molar-refractivity contribution >= 4 is 10.0 Å². The number of H-pyrrole nitrogens is 1. The van der Waals surface area contributed by atoms with Gasteiger partial charge < -0.3 is 0 Å². The molecule has 2 aromatic heterocycles. The van der Waals surface area contributed by atoms with E-state index in [-0.39, 0.29) is 17.0 Å². The Bertz CT molecular complexity index is 795. The first-order valence-electron chi connectivity index (χ1n) is 8.41. The lowest BCUT2D eigenvalue weighted by atomic mass is 10.0. The zero-order chi connectivity index (χ0) is 17.3. The standard InChI is InChI=1S/C15H24N6O2S/c1-4-20-13(8-9-16-20)24(22,23)21-10-6-5-7-12(21)15-17-14(11(2)3)18-19-15/h8-9,11-12H,4-7,10H2,1-3H3,(H,17,18,19)/t12-/m0/s1. The molecule has 2 aromatic rings. The molecule has 0 unspecified atom stereocenters. The number of hydrogen-bond donors (Lipinski definition) is 1. The molecule has 1 N–H and O–H groups in total. The topological polar surface area (TPSA) is 96.8 Å². The van der Waals surface area contributed by atoms with Gasteiger partial charge in [-0.15, -0.1) is 0 Å². The van der Waals surface area contributed by atoms with Gasteiger partial charge in [0.05, 0.1) is 12.2 Å². The van der Waals surface area contributed by atoms with Crippen molar-refractivity contribution < 1.29 is 8.42 Å². The van der Waals surface area contributed by atoms with Crippen molar-refractivity contribution in [3.63, 3.8) is 0 Å². The molecule has 1 atom stereocenters. The van der Waals surface area contributed by atoms with Crippen molar-refractivity contribution in [2.75, 3.05) is 6.54 Å². The maximum atomic E-state index is 13.2. The molecule has 1 fully saturated rings. The third kappa shape index (κ3) is 2.98. The molecule has 0 saturated carbocycles. The Labute approximate surface area is 142 Å². The van der Waals surface area contributed by atoms with Gasteiger partial charge in [-0.3, -0.25) is 9.78 Å². The van der Waals surface area contributed by atoms with Crippen LogP contribution < -0.4 is 0 Å². The SMILES string of the molecule is CCn1nccc1S(=O)(=O)N1CCCC[C@H]1c1nc(C(C)C)n[nH]1. The van der Waals surface area contributed by atoms with Crippen molar-refractivity contribution in [3.8, 4) is 0 Å². The fourth-order valence-corrected chi connectivity index (χ4v) is 4.88. The zero-order valence-corrected chi connectivity index (χ0v) is 15.1. The number of nitrogens with one attached hydrogen (secondary N) is 1. The van der Waals surface area contributed by atoms with Crippen LogP contribution >= 0.6 is 0 Å². The second kappa shape index (κ2) is 6.64. The minimum atomic E-state index is -3.62. The van der Waals surface area contributed by atoms with Crippen molar-refractivity contribution in [1.82, 2.24) is 29.3 Å². The average molecular weight is 352 g/mol. The second-order valence-electron chi connectivity index (χ2n) is 6.35. The molecule has 132 valence electrons. The quantitative estimate of drug-likeness (QED) is 0.888. The van der Waals surface area contributed by atoms with E-state index in [0.717, 1.165) is 19.3 Å². The van der Waals surface area contributed by atoms with Gasteiger partial charge in [-0.2, -0.15) is 14.5 Å². The number of aryl methyl sites for hydroxylation is 1. The zero-order valence-electron chi connectivity index (χ0n) is 14.3. The van der Waals surface area contributed by atoms with Crippen molar-refractivity contribution in [3.05, 3.63) is 23.9 Å². The fourth-order valence-electron chi connectivity index (χ4n) is 3.06. The van der Waals surface area contributed by atoms with Crippen LogP contribution in [0.1, 0.15) is 63.6 Å². The van der Waals surface area contributed by atoms with Crippen LogP contribution in [0.2, 0.25) is 0 Å². The molecular formula is C15H24N6O2S. The monoisotopic (exact) mass is 352 g/mol. The van der Waals surface area contributed by atoms with Gasteiger partial charge in [0.2, 0.25) is 0 Å². The Hall–Kier alpha value is -1.74. The van der Waals surface area contributed by atoms with Crippen molar-refractivity contribution in [2.24, 2.45) is 0 Å². The molecule has 8 nitrogen and oxygen atoms in total. The predicted molar refractivity (Wildman–Crippen MR) is 88.9 cm³/mol. The van der Waals surface area contributed by atoms with Crippen LogP contribution in [0.3, 0.4) is 0 Å². The fraction of sp³-hybridized carbons (Fsp3) is 0.667. The smallest absolute Gasteiger partial charge is 0.260 e. The van der Waals surface area contributed by atoms with Crippen LogP contribution in [-0.2, 0) is 16.6 Å². The Morgan fingerprint density at radius 3 is 2.83 bits per heavy atom. The van der Waals surface area contributed by atoms with Gasteiger partial charge in [0, 0.05) is 19.0 Å². The second-order valence-corrected chi connectivity index (χ2v) is 8.18. The lowest BCUT2D eigenvalue weighted by Gasteiger charge is -2.33. The Kier molecular flexibility index (Phi) is 4.73. The minimum absolute atomic E-state index is 0.199. The predicted octanol–water partition coefficient (Wildman–Crippen LogP) is 2.06. The van der Waals surface area contributed by atoms with E-state index in [4.69, 9.17) is 0 Å². The first kappa shape index (κ1) is 17.1. The molecule has 0 radical (unpaired) electrons. The highest BCUT2D eigenvalue weighted by atomic mass is 32.2. The number of piperidine rings is 1. The molecule has 0 bridgehead atoms. The van der Waals surface area contributed by atoms with Gasteiger partial charge in [-0.1, -0.05) is 20.3 Å². The first-order chi connectivity index (χ1) is 11.4. The maximum absolute atomic E-state index is 13.2. The van der Waals surface area contributed by atoms with Crippen LogP contribution in [0, 0.1) is 0 Å². The van der Waals surface area contributed by atoms with Crippen LogP contribution in [0.25, 0.3) is 0 Å². The molecule has 1 aliphatic heterocycles. The highest BCUT2D eigenvalue weighted by Crippen LogP contribution is 2.34. The molecule has 1 aliphatic rings. The lowest BCUT2D eigenvalue weighted by molar-refractivity contribution is 0.245. The van der Waals surface area contributed by atoms with Gasteiger partial charge in [0.15, 0.2) is 10.9 Å². The Balaban J connectivity index is 1.97. The molecule has 9 heteroatoms. The number of rotatable bonds is 5. The van der Waals surface area contributed by atoms with Gasteiger partial charge >= 0.3 is 0 Å². The number of aromatic nitrogens is 5. The molecule has 0 aromatic carbocycles. The van der Waals surface area contributed by atoms with Crippen LogP contribution in [0.15, 0.2) is 17.3 Å². The summed E-state index contributed by atoms with van der Waals surface area (Å²) in [6, 6.07) is 1.26. The van der Waals surface area contributed by atoms with E-state index in [0.29, 0.717) is 24.7 Å². The largest absolute Gasteiger partial charge is 0.262 e. The number of hydrogen-bond acceptors (Lipinski definition) is 5. The maximum Gasteiger partial charge on any atom is 0.260 e. The number of aromatic amines is 1. The number of nitrogens with zero attached hydrogens (tertiary/aromatic N) is 5. The summed E-state index contributed by atoms with van der Waals surface area (Å²) in [5.41, 5.74) is 0. The summed E-state index contributed by atoms with van der Waals surface area (Å²) < 4.78 is 29.4. The normalized spacial score (nSPS) is 19.9. The highest BCUT2D eigenvalue weighted by molar-refractivity contribution is 7.89. The third-order valence-corrected chi connectivity index (χ3v) is 6.29. The number of sulfonamides is 1. The minimum Gasteiger partial charge on any atom is -0.262 e. The van der Waals surface area contributed by atoms with E-state index in [9.17, 15) is 8.42 Å². The van der Waals surface area contributed by atoms with Gasteiger partial charge in [-0.25, -0.2) is 13.4 Å². The third-order valence-electron chi connectivity index (χ3n) is 4.36. The molecule has 0 amide bonds. The summed E-state index contributed by atoms with van der Waals surface area (Å²) >= 11 is 0. The van der Waals surface area contributed by atoms with Crippen molar-refractivity contribution in [1.29, 1.82) is 0 Å². The van der Waals surface area contributed by atoms with E-state index < -0.39 is 10.0 Å². The summed E-state index contributed by atoms with van der Waals surface area (Å²) in [5, 5.41) is 11.5. The van der Waals surface area contributed by atoms with Gasteiger partial charge in [0.1, 0.15) is 5.82 Å². The Morgan fingerprint density at radius 1 is 1.38 bits per heavy atom. The molecule has 3 rings (SSSR count). The molecule has 0 aliphatic carbocycles. The molecule has 1 saturated heterocycles. The summed E-state index contributed by atoms with van der Waals surface area (Å²) in [6.07, 6.45) is 4.09. The summed E-state index contributed by atoms with van der Waals surface area (Å²) in [6.45, 7) is 6.91. The average Bonchev–Trinajstić information content (AvgIpc) is 3.24. The van der Waals surface area contributed by atoms with Crippen LogP contribution in [0.4, 0.5) is 0 Å². The van der Waals surface area contributed by atoms with Gasteiger partial charge in [0.25, 0.3) is 10.0 Å². The summed E-state index contributed by atoms with van der Waals surface area (Å²) in [7, 11) is -3.62. The molecule has 0 spiro atoms. The molecule has 24 heavy (non-hydrogen) atoms. The van der Waals surface area contributed by atoms with Crippen molar-refractivity contribution in [2.45, 2.75) is 63.6 Å². The first-order valence-corrected chi connectivity index (χ1v) is 9.85. The van der Waals surface area contributed by atoms with Gasteiger partial charge in [-0.05, 0) is 25.8 Å². The van der Waals surface area contributed by atoms with Crippen LogP contribution in [-0.4, -0.2) is 44.2 Å². The lowest BCUT2D eigenvalue weighted by Crippen LogP contribution is -2.39. The van der Waals surface area contributed by atoms with E-state index in [1.165, 1.54) is 10.9 Å². The van der Waals surface area contributed by atoms with E-state index in [2.05, 4.69) is 20.3 Å². The Morgan fingerprint density at radius 2 is 2.17 bits per heavy atom. The van der Waals surface area contributed by atoms with Crippen LogP contribution in [0.5, 0.6) is 0 Å². The molecular weight excluding hydrogens is 328 g/mol.